The van der Waals surface area contributed by atoms with Crippen LogP contribution in [0.2, 0.25) is 0 Å². The summed E-state index contributed by atoms with van der Waals surface area (Å²) in [6, 6.07) is 9.44. The maximum atomic E-state index is 11.6. The zero-order chi connectivity index (χ0) is 13.1. The molecule has 5 nitrogen and oxygen atoms in total. The van der Waals surface area contributed by atoms with Crippen molar-refractivity contribution in [3.05, 3.63) is 68.0 Å². The lowest BCUT2D eigenvalue weighted by atomic mass is 10.1. The number of benzene rings is 1. The van der Waals surface area contributed by atoms with Crippen LogP contribution in [0, 0.1) is 18.3 Å². The highest BCUT2D eigenvalue weighted by Crippen LogP contribution is 2.04. The Morgan fingerprint density at radius 1 is 1.28 bits per heavy atom. The lowest BCUT2D eigenvalue weighted by Gasteiger charge is -2.05. The Morgan fingerprint density at radius 3 is 2.56 bits per heavy atom. The van der Waals surface area contributed by atoms with Gasteiger partial charge >= 0.3 is 5.69 Å². The van der Waals surface area contributed by atoms with Crippen molar-refractivity contribution in [3.63, 3.8) is 0 Å². The minimum atomic E-state index is -0.650. The van der Waals surface area contributed by atoms with Gasteiger partial charge in [-0.05, 0) is 12.5 Å². The summed E-state index contributed by atoms with van der Waals surface area (Å²) >= 11 is 0. The second-order valence-corrected chi connectivity index (χ2v) is 4.03. The van der Waals surface area contributed by atoms with Crippen LogP contribution < -0.4 is 11.2 Å². The zero-order valence-corrected chi connectivity index (χ0v) is 9.80. The van der Waals surface area contributed by atoms with Gasteiger partial charge in [0, 0.05) is 6.20 Å². The van der Waals surface area contributed by atoms with Gasteiger partial charge in [0.15, 0.2) is 0 Å². The number of aromatic amines is 1. The predicted octanol–water partition coefficient (Wildman–Crippen LogP) is 0.765. The van der Waals surface area contributed by atoms with Gasteiger partial charge in [0.05, 0.1) is 6.54 Å². The van der Waals surface area contributed by atoms with Crippen LogP contribution in [-0.2, 0) is 6.54 Å². The molecule has 2 rings (SSSR count). The van der Waals surface area contributed by atoms with Crippen LogP contribution in [-0.4, -0.2) is 9.55 Å². The van der Waals surface area contributed by atoms with Gasteiger partial charge in [-0.25, -0.2) is 4.79 Å². The second-order valence-electron chi connectivity index (χ2n) is 4.03. The highest BCUT2D eigenvalue weighted by Gasteiger charge is 2.04. The number of nitrogens with zero attached hydrogens (tertiary/aromatic N) is 2. The summed E-state index contributed by atoms with van der Waals surface area (Å²) in [5.41, 5.74) is 0.827. The van der Waals surface area contributed by atoms with E-state index in [2.05, 4.69) is 4.98 Å². The highest BCUT2D eigenvalue weighted by molar-refractivity contribution is 5.24. The maximum absolute atomic E-state index is 11.6. The molecule has 0 aliphatic heterocycles. The Hall–Kier alpha value is -2.61. The number of aromatic nitrogens is 2. The average Bonchev–Trinajstić information content (AvgIpc) is 2.35. The molecule has 0 spiro atoms. The molecule has 0 aliphatic carbocycles. The van der Waals surface area contributed by atoms with Crippen molar-refractivity contribution < 1.29 is 0 Å². The van der Waals surface area contributed by atoms with Gasteiger partial charge in [-0.1, -0.05) is 29.8 Å². The third-order valence-electron chi connectivity index (χ3n) is 2.60. The van der Waals surface area contributed by atoms with Gasteiger partial charge in [-0.3, -0.25) is 14.3 Å². The average molecular weight is 241 g/mol. The number of hydrogen-bond donors (Lipinski definition) is 1. The first-order chi connectivity index (χ1) is 8.60. The molecule has 1 aromatic heterocycles. The van der Waals surface area contributed by atoms with Gasteiger partial charge in [-0.2, -0.15) is 5.26 Å². The Kier molecular flexibility index (Phi) is 3.11. The van der Waals surface area contributed by atoms with Gasteiger partial charge in [-0.15, -0.1) is 0 Å². The quantitative estimate of drug-likeness (QED) is 0.843. The molecule has 5 heteroatoms. The van der Waals surface area contributed by atoms with Crippen molar-refractivity contribution in [3.8, 4) is 6.07 Å². The van der Waals surface area contributed by atoms with Gasteiger partial charge in [0.2, 0.25) is 0 Å². The van der Waals surface area contributed by atoms with Crippen LogP contribution in [0.1, 0.15) is 16.7 Å². The molecular weight excluding hydrogens is 230 g/mol. The largest absolute Gasteiger partial charge is 0.328 e. The number of H-pyrrole nitrogens is 1. The molecule has 0 bridgehead atoms. The zero-order valence-electron chi connectivity index (χ0n) is 9.80. The Balaban J connectivity index is 2.41. The summed E-state index contributed by atoms with van der Waals surface area (Å²) in [5.74, 6) is 0. The summed E-state index contributed by atoms with van der Waals surface area (Å²) in [6.45, 7) is 2.30. The molecule has 1 N–H and O–H groups in total. The van der Waals surface area contributed by atoms with E-state index in [0.29, 0.717) is 6.54 Å². The van der Waals surface area contributed by atoms with E-state index in [-0.39, 0.29) is 5.56 Å². The fourth-order valence-corrected chi connectivity index (χ4v) is 1.60. The lowest BCUT2D eigenvalue weighted by Crippen LogP contribution is -2.31. The van der Waals surface area contributed by atoms with Crippen molar-refractivity contribution in [2.75, 3.05) is 0 Å². The summed E-state index contributed by atoms with van der Waals surface area (Å²) in [4.78, 5) is 24.9. The first kappa shape index (κ1) is 11.9. The number of rotatable bonds is 2. The minimum absolute atomic E-state index is 0.0679. The van der Waals surface area contributed by atoms with Crippen LogP contribution in [0.5, 0.6) is 0 Å². The van der Waals surface area contributed by atoms with E-state index in [9.17, 15) is 9.59 Å². The van der Waals surface area contributed by atoms with E-state index < -0.39 is 11.2 Å². The monoisotopic (exact) mass is 241 g/mol. The summed E-state index contributed by atoms with van der Waals surface area (Å²) in [5, 5.41) is 8.75. The Labute approximate surface area is 103 Å². The van der Waals surface area contributed by atoms with E-state index in [4.69, 9.17) is 5.26 Å². The van der Waals surface area contributed by atoms with Crippen LogP contribution >= 0.6 is 0 Å². The molecular formula is C13H11N3O2. The molecule has 0 atom stereocenters. The molecule has 1 aromatic carbocycles. The number of aryl methyl sites for hydroxylation is 1. The van der Waals surface area contributed by atoms with Crippen LogP contribution in [0.15, 0.2) is 40.1 Å². The molecule has 2 aromatic rings. The van der Waals surface area contributed by atoms with E-state index in [1.165, 1.54) is 10.8 Å². The molecule has 0 aliphatic rings. The molecule has 0 amide bonds. The molecule has 90 valence electrons. The summed E-state index contributed by atoms with van der Waals surface area (Å²) in [7, 11) is 0. The molecule has 0 saturated heterocycles. The SMILES string of the molecule is Cc1ccc(Cn2cc(C#N)c(=O)[nH]c2=O)cc1. The second kappa shape index (κ2) is 4.72. The Bertz CT molecular complexity index is 718. The van der Waals surface area contributed by atoms with Gasteiger partial charge < -0.3 is 0 Å². The summed E-state index contributed by atoms with van der Waals surface area (Å²) < 4.78 is 1.31. The molecule has 0 fully saturated rings. The Morgan fingerprint density at radius 2 is 1.94 bits per heavy atom. The normalized spacial score (nSPS) is 10.0. The van der Waals surface area contributed by atoms with Crippen LogP contribution in [0.3, 0.4) is 0 Å². The maximum Gasteiger partial charge on any atom is 0.328 e. The van der Waals surface area contributed by atoms with E-state index in [0.717, 1.165) is 11.1 Å². The summed E-state index contributed by atoms with van der Waals surface area (Å²) in [6.07, 6.45) is 1.28. The predicted molar refractivity (Wildman–Crippen MR) is 66.3 cm³/mol. The fraction of sp³-hybridized carbons (Fsp3) is 0.154. The van der Waals surface area contributed by atoms with Crippen LogP contribution in [0.25, 0.3) is 0 Å². The van der Waals surface area contributed by atoms with E-state index >= 15 is 0 Å². The van der Waals surface area contributed by atoms with Gasteiger partial charge in [0.25, 0.3) is 5.56 Å². The van der Waals surface area contributed by atoms with Crippen molar-refractivity contribution in [2.45, 2.75) is 13.5 Å². The number of hydrogen-bond acceptors (Lipinski definition) is 3. The van der Waals surface area contributed by atoms with Gasteiger partial charge in [0.1, 0.15) is 11.6 Å². The first-order valence-corrected chi connectivity index (χ1v) is 5.39. The molecule has 1 heterocycles. The smallest absolute Gasteiger partial charge is 0.295 e. The van der Waals surface area contributed by atoms with Crippen molar-refractivity contribution in [2.24, 2.45) is 0 Å². The minimum Gasteiger partial charge on any atom is -0.295 e. The number of nitriles is 1. The van der Waals surface area contributed by atoms with Crippen molar-refractivity contribution in [1.82, 2.24) is 9.55 Å². The third-order valence-corrected chi connectivity index (χ3v) is 2.60. The van der Waals surface area contributed by atoms with E-state index in [1.807, 2.05) is 31.2 Å². The molecule has 0 unspecified atom stereocenters. The first-order valence-electron chi connectivity index (χ1n) is 5.39. The standard InChI is InChI=1S/C13H11N3O2/c1-9-2-4-10(5-3-9)7-16-8-11(6-14)12(17)15-13(16)18/h2-5,8H,7H2,1H3,(H,15,17,18). The fourth-order valence-electron chi connectivity index (χ4n) is 1.60. The highest BCUT2D eigenvalue weighted by atomic mass is 16.2. The topological polar surface area (TPSA) is 78.7 Å². The lowest BCUT2D eigenvalue weighted by molar-refractivity contribution is 0.717. The molecule has 0 radical (unpaired) electrons. The molecule has 18 heavy (non-hydrogen) atoms. The van der Waals surface area contributed by atoms with Crippen LogP contribution in [0.4, 0.5) is 0 Å². The van der Waals surface area contributed by atoms with Crippen molar-refractivity contribution >= 4 is 0 Å². The third kappa shape index (κ3) is 2.38. The number of nitrogens with one attached hydrogen (secondary N) is 1. The molecule has 0 saturated carbocycles. The van der Waals surface area contributed by atoms with E-state index in [1.54, 1.807) is 6.07 Å². The van der Waals surface area contributed by atoms with Crippen molar-refractivity contribution in [1.29, 1.82) is 5.26 Å².